The lowest BCUT2D eigenvalue weighted by molar-refractivity contribution is -0.124. The normalized spacial score (nSPS) is 15.2. The highest BCUT2D eigenvalue weighted by molar-refractivity contribution is 6.30. The number of amides is 2. The maximum absolute atomic E-state index is 14.4. The number of likely N-dealkylation sites (tertiary alicyclic amines) is 1. The number of halogens is 2. The second kappa shape index (κ2) is 12.6. The van der Waals surface area contributed by atoms with Gasteiger partial charge in [-0.3, -0.25) is 19.5 Å². The van der Waals surface area contributed by atoms with Crippen molar-refractivity contribution >= 4 is 34.9 Å². The molecule has 2 aromatic heterocycles. The van der Waals surface area contributed by atoms with Crippen LogP contribution in [-0.4, -0.2) is 71.5 Å². The third-order valence-corrected chi connectivity index (χ3v) is 6.52. The average Bonchev–Trinajstić information content (AvgIpc) is 3.40. The highest BCUT2D eigenvalue weighted by Crippen LogP contribution is 2.30. The Bertz CT molecular complexity index is 1310. The van der Waals surface area contributed by atoms with Crippen LogP contribution in [-0.2, 0) is 4.79 Å². The Labute approximate surface area is 225 Å². The zero-order valence-corrected chi connectivity index (χ0v) is 21.9. The summed E-state index contributed by atoms with van der Waals surface area (Å²) in [6.45, 7) is 2.00. The summed E-state index contributed by atoms with van der Waals surface area (Å²) in [4.78, 5) is 39.9. The van der Waals surface area contributed by atoms with Crippen LogP contribution in [0.15, 0.2) is 42.9 Å². The molecule has 0 radical (unpaired) electrons. The second-order valence-corrected chi connectivity index (χ2v) is 9.14. The number of benzene rings is 1. The number of pyridine rings is 1. The molecule has 3 heterocycles. The van der Waals surface area contributed by atoms with E-state index in [-0.39, 0.29) is 35.1 Å². The molecule has 0 aliphatic carbocycles. The van der Waals surface area contributed by atoms with Gasteiger partial charge in [-0.15, -0.1) is 0 Å². The minimum absolute atomic E-state index is 0.0269. The first-order valence-electron chi connectivity index (χ1n) is 12.2. The van der Waals surface area contributed by atoms with E-state index in [1.165, 1.54) is 43.9 Å². The number of anilines is 2. The van der Waals surface area contributed by atoms with E-state index in [0.29, 0.717) is 41.5 Å². The minimum Gasteiger partial charge on any atom is -0.491 e. The SMILES string of the molecule is CNC(=O)C1CCCN1CCCNC(=O)c1cnccc1Nc1nc(-c2cc(Cl)ccc2F)ncc1OC. The topological polar surface area (TPSA) is 121 Å². The van der Waals surface area contributed by atoms with E-state index in [1.807, 2.05) is 0 Å². The summed E-state index contributed by atoms with van der Waals surface area (Å²) in [6, 6.07) is 5.64. The quantitative estimate of drug-likeness (QED) is 0.334. The molecule has 38 heavy (non-hydrogen) atoms. The van der Waals surface area contributed by atoms with Gasteiger partial charge >= 0.3 is 0 Å². The van der Waals surface area contributed by atoms with Gasteiger partial charge in [-0.05, 0) is 50.1 Å². The van der Waals surface area contributed by atoms with Crippen molar-refractivity contribution in [1.82, 2.24) is 30.5 Å². The van der Waals surface area contributed by atoms with Crippen molar-refractivity contribution in [1.29, 1.82) is 0 Å². The Kier molecular flexibility index (Phi) is 9.03. The van der Waals surface area contributed by atoms with Gasteiger partial charge in [0.1, 0.15) is 5.82 Å². The molecular weight excluding hydrogens is 513 g/mol. The highest BCUT2D eigenvalue weighted by atomic mass is 35.5. The number of aromatic nitrogens is 3. The molecule has 12 heteroatoms. The Morgan fingerprint density at radius 3 is 2.89 bits per heavy atom. The van der Waals surface area contributed by atoms with Crippen molar-refractivity contribution in [2.75, 3.05) is 39.1 Å². The first-order valence-corrected chi connectivity index (χ1v) is 12.6. The van der Waals surface area contributed by atoms with Crippen LogP contribution in [0.4, 0.5) is 15.9 Å². The van der Waals surface area contributed by atoms with E-state index in [4.69, 9.17) is 16.3 Å². The first-order chi connectivity index (χ1) is 18.4. The number of hydrogen-bond donors (Lipinski definition) is 3. The smallest absolute Gasteiger partial charge is 0.254 e. The van der Waals surface area contributed by atoms with Gasteiger partial charge in [-0.2, -0.15) is 0 Å². The summed E-state index contributed by atoms with van der Waals surface area (Å²) in [6.07, 6.45) is 6.91. The van der Waals surface area contributed by atoms with Gasteiger partial charge in [-0.1, -0.05) is 11.6 Å². The van der Waals surface area contributed by atoms with E-state index in [1.54, 1.807) is 13.1 Å². The molecule has 10 nitrogen and oxygen atoms in total. The fraction of sp³-hybridized carbons (Fsp3) is 0.346. The number of methoxy groups -OCH3 is 1. The second-order valence-electron chi connectivity index (χ2n) is 8.70. The summed E-state index contributed by atoms with van der Waals surface area (Å²) < 4.78 is 19.8. The summed E-state index contributed by atoms with van der Waals surface area (Å²) in [5.41, 5.74) is 0.867. The summed E-state index contributed by atoms with van der Waals surface area (Å²) in [5.74, 6) is -0.171. The van der Waals surface area contributed by atoms with E-state index < -0.39 is 5.82 Å². The van der Waals surface area contributed by atoms with Crippen molar-refractivity contribution in [2.45, 2.75) is 25.3 Å². The molecule has 0 saturated carbocycles. The molecule has 1 aromatic carbocycles. The monoisotopic (exact) mass is 541 g/mol. The molecule has 200 valence electrons. The van der Waals surface area contributed by atoms with Crippen LogP contribution < -0.4 is 20.7 Å². The maximum atomic E-state index is 14.4. The summed E-state index contributed by atoms with van der Waals surface area (Å²) in [5, 5.41) is 9.06. The molecule has 2 amide bonds. The van der Waals surface area contributed by atoms with E-state index in [0.717, 1.165) is 19.4 Å². The molecule has 1 atom stereocenters. The van der Waals surface area contributed by atoms with Gasteiger partial charge in [0.05, 0.1) is 36.2 Å². The highest BCUT2D eigenvalue weighted by Gasteiger charge is 2.29. The lowest BCUT2D eigenvalue weighted by Gasteiger charge is -2.22. The van der Waals surface area contributed by atoms with E-state index in [2.05, 4.69) is 35.8 Å². The zero-order valence-electron chi connectivity index (χ0n) is 21.1. The number of carbonyl (C=O) groups is 2. The number of nitrogens with one attached hydrogen (secondary N) is 3. The fourth-order valence-corrected chi connectivity index (χ4v) is 4.53. The predicted octanol–water partition coefficient (Wildman–Crippen LogP) is 3.41. The van der Waals surface area contributed by atoms with Gasteiger partial charge in [0.2, 0.25) is 5.91 Å². The molecule has 3 N–H and O–H groups in total. The first kappa shape index (κ1) is 27.2. The molecule has 3 aromatic rings. The third-order valence-electron chi connectivity index (χ3n) is 6.28. The predicted molar refractivity (Wildman–Crippen MR) is 142 cm³/mol. The van der Waals surface area contributed by atoms with Crippen molar-refractivity contribution in [3.8, 4) is 17.1 Å². The number of nitrogens with zero attached hydrogens (tertiary/aromatic N) is 4. The van der Waals surface area contributed by atoms with E-state index >= 15 is 0 Å². The minimum atomic E-state index is -0.523. The van der Waals surface area contributed by atoms with Gasteiger partial charge in [0.25, 0.3) is 5.91 Å². The number of hydrogen-bond acceptors (Lipinski definition) is 8. The molecule has 1 saturated heterocycles. The molecule has 1 aliphatic heterocycles. The van der Waals surface area contributed by atoms with Gasteiger partial charge in [0, 0.05) is 37.6 Å². The van der Waals surface area contributed by atoms with Crippen LogP contribution in [0.1, 0.15) is 29.6 Å². The van der Waals surface area contributed by atoms with Crippen molar-refractivity contribution < 1.29 is 18.7 Å². The van der Waals surface area contributed by atoms with Crippen LogP contribution >= 0.6 is 11.6 Å². The Morgan fingerprint density at radius 1 is 1.26 bits per heavy atom. The fourth-order valence-electron chi connectivity index (χ4n) is 4.36. The Hall–Kier alpha value is -3.83. The molecular formula is C26H29ClFN7O3. The van der Waals surface area contributed by atoms with E-state index in [9.17, 15) is 14.0 Å². The number of ether oxygens (including phenoxy) is 1. The lowest BCUT2D eigenvalue weighted by Crippen LogP contribution is -2.42. The van der Waals surface area contributed by atoms with Gasteiger partial charge in [0.15, 0.2) is 17.4 Å². The van der Waals surface area contributed by atoms with Crippen LogP contribution in [0.25, 0.3) is 11.4 Å². The van der Waals surface area contributed by atoms with Crippen LogP contribution in [0, 0.1) is 5.82 Å². The number of rotatable bonds is 10. The van der Waals surface area contributed by atoms with Gasteiger partial charge < -0.3 is 20.7 Å². The molecule has 1 fully saturated rings. The molecule has 4 rings (SSSR count). The summed E-state index contributed by atoms with van der Waals surface area (Å²) >= 11 is 6.03. The lowest BCUT2D eigenvalue weighted by atomic mass is 10.2. The number of likely N-dealkylation sites (N-methyl/N-ethyl adjacent to an activating group) is 1. The molecule has 1 unspecified atom stereocenters. The number of carbonyl (C=O) groups excluding carboxylic acids is 2. The van der Waals surface area contributed by atoms with Gasteiger partial charge in [-0.25, -0.2) is 14.4 Å². The zero-order chi connectivity index (χ0) is 27.1. The largest absolute Gasteiger partial charge is 0.491 e. The summed E-state index contributed by atoms with van der Waals surface area (Å²) in [7, 11) is 3.10. The molecule has 0 spiro atoms. The maximum Gasteiger partial charge on any atom is 0.254 e. The van der Waals surface area contributed by atoms with Crippen LogP contribution in [0.2, 0.25) is 5.02 Å². The van der Waals surface area contributed by atoms with Crippen molar-refractivity contribution in [3.63, 3.8) is 0 Å². The van der Waals surface area contributed by atoms with Crippen molar-refractivity contribution in [3.05, 3.63) is 59.3 Å². The Morgan fingerprint density at radius 2 is 2.11 bits per heavy atom. The van der Waals surface area contributed by atoms with Crippen LogP contribution in [0.5, 0.6) is 5.75 Å². The Balaban J connectivity index is 1.45. The van der Waals surface area contributed by atoms with Crippen molar-refractivity contribution in [2.24, 2.45) is 0 Å². The molecule has 0 bridgehead atoms. The molecule has 1 aliphatic rings. The standard InChI is InChI=1S/C26H29ClFN7O3/c1-29-26(37)21-5-3-11-35(21)12-4-9-31-25(36)18-14-30-10-8-20(18)33-24-22(38-2)15-32-23(34-24)17-13-16(27)6-7-19(17)28/h6-8,10,13-15,21H,3-5,9,11-12H2,1-2H3,(H,29,37)(H,31,36)(H,30,32,33,34). The average molecular weight is 542 g/mol. The van der Waals surface area contributed by atoms with Crippen LogP contribution in [0.3, 0.4) is 0 Å². The third kappa shape index (κ3) is 6.35.